The molecule has 10 heteroatoms. The Morgan fingerprint density at radius 2 is 1.69 bits per heavy atom. The van der Waals surface area contributed by atoms with E-state index in [1.807, 2.05) is 12.1 Å². The maximum Gasteiger partial charge on any atom is 0.281 e. The van der Waals surface area contributed by atoms with Gasteiger partial charge in [0.2, 0.25) is 0 Å². The minimum atomic E-state index is -0.540. The molecular formula is C26H17ClN4O5. The van der Waals surface area contributed by atoms with Crippen molar-refractivity contribution in [3.8, 4) is 11.3 Å². The Bertz CT molecular complexity index is 1680. The van der Waals surface area contributed by atoms with E-state index in [1.165, 1.54) is 24.4 Å². The van der Waals surface area contributed by atoms with Crippen molar-refractivity contribution in [2.24, 2.45) is 5.10 Å². The molecule has 5 aromatic rings. The number of nitro benzene ring substituents is 1. The predicted molar refractivity (Wildman–Crippen MR) is 137 cm³/mol. The van der Waals surface area contributed by atoms with Gasteiger partial charge < -0.3 is 8.98 Å². The van der Waals surface area contributed by atoms with Crippen molar-refractivity contribution in [3.63, 3.8) is 0 Å². The molecule has 0 saturated carbocycles. The van der Waals surface area contributed by atoms with Crippen LogP contribution >= 0.6 is 11.6 Å². The molecule has 3 aromatic carbocycles. The van der Waals surface area contributed by atoms with Crippen LogP contribution < -0.4 is 10.9 Å². The molecule has 0 unspecified atom stereocenters. The van der Waals surface area contributed by atoms with Gasteiger partial charge in [-0.2, -0.15) is 5.10 Å². The fraction of sp³-hybridized carbons (Fsp3) is 0.0385. The number of amides is 1. The molecular weight excluding hydrogens is 484 g/mol. The number of carbonyl (C=O) groups is 1. The summed E-state index contributed by atoms with van der Waals surface area (Å²) >= 11 is 5.87. The van der Waals surface area contributed by atoms with Crippen LogP contribution in [-0.2, 0) is 11.3 Å². The van der Waals surface area contributed by atoms with Crippen molar-refractivity contribution < 1.29 is 14.1 Å². The molecule has 0 atom stereocenters. The number of nitrogens with one attached hydrogen (secondary N) is 1. The van der Waals surface area contributed by atoms with E-state index in [4.69, 9.17) is 16.0 Å². The first kappa shape index (κ1) is 23.0. The third-order valence-corrected chi connectivity index (χ3v) is 5.85. The molecule has 1 amide bonds. The number of nitrogens with zero attached hydrogens (tertiary/aromatic N) is 3. The number of nitro groups is 1. The number of benzene rings is 3. The summed E-state index contributed by atoms with van der Waals surface area (Å²) in [6.45, 7) is -0.0704. The number of hydrogen-bond donors (Lipinski definition) is 1. The first-order valence-corrected chi connectivity index (χ1v) is 11.2. The summed E-state index contributed by atoms with van der Waals surface area (Å²) in [6.07, 6.45) is 1.30. The van der Waals surface area contributed by atoms with Crippen LogP contribution in [0.1, 0.15) is 5.76 Å². The summed E-state index contributed by atoms with van der Waals surface area (Å²) in [5, 5.41) is 16.6. The van der Waals surface area contributed by atoms with Gasteiger partial charge in [-0.25, -0.2) is 5.43 Å². The lowest BCUT2D eigenvalue weighted by Gasteiger charge is -2.14. The number of furan rings is 1. The molecule has 2 heterocycles. The highest BCUT2D eigenvalue weighted by Gasteiger charge is 2.18. The highest BCUT2D eigenvalue weighted by molar-refractivity contribution is 6.30. The van der Waals surface area contributed by atoms with Gasteiger partial charge in [0.15, 0.2) is 5.43 Å². The Morgan fingerprint density at radius 1 is 1.03 bits per heavy atom. The largest absolute Gasteiger partial charge is 0.455 e. The highest BCUT2D eigenvalue weighted by Crippen LogP contribution is 2.33. The van der Waals surface area contributed by atoms with E-state index in [2.05, 4.69) is 10.5 Å². The van der Waals surface area contributed by atoms with Gasteiger partial charge in [-0.05, 0) is 48.5 Å². The lowest BCUT2D eigenvalue weighted by atomic mass is 10.1. The number of hydrazone groups is 1. The summed E-state index contributed by atoms with van der Waals surface area (Å²) in [5.41, 5.74) is 3.72. The molecule has 0 aliphatic heterocycles. The molecule has 0 saturated heterocycles. The Hall–Kier alpha value is -4.76. The summed E-state index contributed by atoms with van der Waals surface area (Å²) in [7, 11) is 0. The molecule has 0 aliphatic carbocycles. The molecule has 0 bridgehead atoms. The predicted octanol–water partition coefficient (Wildman–Crippen LogP) is 5.13. The van der Waals surface area contributed by atoms with E-state index in [0.29, 0.717) is 21.8 Å². The van der Waals surface area contributed by atoms with Gasteiger partial charge in [-0.1, -0.05) is 35.9 Å². The van der Waals surface area contributed by atoms with E-state index < -0.39 is 10.8 Å². The van der Waals surface area contributed by atoms with Crippen LogP contribution in [0.3, 0.4) is 0 Å². The molecule has 0 radical (unpaired) electrons. The zero-order valence-corrected chi connectivity index (χ0v) is 19.3. The Kier molecular flexibility index (Phi) is 6.05. The summed E-state index contributed by atoms with van der Waals surface area (Å²) < 4.78 is 7.41. The van der Waals surface area contributed by atoms with E-state index >= 15 is 0 Å². The van der Waals surface area contributed by atoms with Crippen LogP contribution in [0, 0.1) is 10.1 Å². The molecule has 0 aliphatic rings. The standard InChI is InChI=1S/C26H17ClN4O5/c27-16-9-11-18(23(13-16)31(34)35)24-12-10-17(36-24)14-28-29-25(32)15-30-21-7-3-1-5-19(21)26(33)20-6-2-4-8-22(20)30/h1-14H,15H2,(H,29,32)/b28-14-. The lowest BCUT2D eigenvalue weighted by Crippen LogP contribution is -2.25. The van der Waals surface area contributed by atoms with Crippen molar-refractivity contribution in [3.05, 3.63) is 110 Å². The van der Waals surface area contributed by atoms with Crippen molar-refractivity contribution in [2.45, 2.75) is 6.54 Å². The van der Waals surface area contributed by atoms with Gasteiger partial charge in [0, 0.05) is 21.9 Å². The van der Waals surface area contributed by atoms with E-state index in [9.17, 15) is 19.7 Å². The monoisotopic (exact) mass is 500 g/mol. The maximum atomic E-state index is 12.8. The minimum Gasteiger partial charge on any atom is -0.455 e. The van der Waals surface area contributed by atoms with Gasteiger partial charge in [0.1, 0.15) is 18.1 Å². The van der Waals surface area contributed by atoms with E-state index in [0.717, 1.165) is 0 Å². The third kappa shape index (κ3) is 4.35. The number of hydrogen-bond acceptors (Lipinski definition) is 6. The van der Waals surface area contributed by atoms with Crippen LogP contribution in [0.2, 0.25) is 5.02 Å². The maximum absolute atomic E-state index is 12.8. The van der Waals surface area contributed by atoms with E-state index in [-0.39, 0.29) is 39.8 Å². The van der Waals surface area contributed by atoms with Gasteiger partial charge in [-0.15, -0.1) is 0 Å². The fourth-order valence-corrected chi connectivity index (χ4v) is 4.19. The quantitative estimate of drug-likeness (QED) is 0.150. The zero-order valence-electron chi connectivity index (χ0n) is 18.6. The van der Waals surface area contributed by atoms with Crippen LogP contribution in [0.25, 0.3) is 33.1 Å². The number of pyridine rings is 1. The van der Waals surface area contributed by atoms with Crippen LogP contribution in [0.4, 0.5) is 5.69 Å². The average Bonchev–Trinajstić information content (AvgIpc) is 3.35. The number of fused-ring (bicyclic) bond motifs is 2. The molecule has 0 spiro atoms. The molecule has 178 valence electrons. The number of para-hydroxylation sites is 2. The van der Waals surface area contributed by atoms with Gasteiger partial charge >= 0.3 is 0 Å². The SMILES string of the molecule is O=C(Cn1c2ccccc2c(=O)c2ccccc21)N/N=C\c1ccc(-c2ccc(Cl)cc2[N+](=O)[O-])o1. The van der Waals surface area contributed by atoms with Crippen molar-refractivity contribution in [2.75, 3.05) is 0 Å². The van der Waals surface area contributed by atoms with Crippen LogP contribution in [-0.4, -0.2) is 21.6 Å². The molecule has 2 aromatic heterocycles. The van der Waals surface area contributed by atoms with Crippen molar-refractivity contribution in [1.29, 1.82) is 0 Å². The summed E-state index contributed by atoms with van der Waals surface area (Å²) in [5.74, 6) is 0.136. The zero-order chi connectivity index (χ0) is 25.2. The minimum absolute atomic E-state index is 0.0704. The number of aromatic nitrogens is 1. The highest BCUT2D eigenvalue weighted by atomic mass is 35.5. The Labute approximate surface area is 208 Å². The number of carbonyl (C=O) groups excluding carboxylic acids is 1. The average molecular weight is 501 g/mol. The van der Waals surface area contributed by atoms with Crippen LogP contribution in [0.5, 0.6) is 0 Å². The smallest absolute Gasteiger partial charge is 0.281 e. The van der Waals surface area contributed by atoms with Gasteiger partial charge in [0.05, 0.1) is 27.7 Å². The second kappa shape index (κ2) is 9.47. The van der Waals surface area contributed by atoms with Gasteiger partial charge in [-0.3, -0.25) is 19.7 Å². The first-order valence-electron chi connectivity index (χ1n) is 10.8. The second-order valence-electron chi connectivity index (χ2n) is 7.86. The van der Waals surface area contributed by atoms with Crippen LogP contribution in [0.15, 0.2) is 93.2 Å². The molecule has 9 nitrogen and oxygen atoms in total. The second-order valence-corrected chi connectivity index (χ2v) is 8.30. The number of halogens is 1. The molecule has 36 heavy (non-hydrogen) atoms. The van der Waals surface area contributed by atoms with E-state index in [1.54, 1.807) is 53.1 Å². The summed E-state index contributed by atoms with van der Waals surface area (Å²) in [4.78, 5) is 36.4. The fourth-order valence-electron chi connectivity index (χ4n) is 4.03. The normalized spacial score (nSPS) is 11.4. The van der Waals surface area contributed by atoms with Crippen molar-refractivity contribution in [1.82, 2.24) is 9.99 Å². The molecule has 5 rings (SSSR count). The van der Waals surface area contributed by atoms with Crippen molar-refractivity contribution >= 4 is 51.2 Å². The first-order chi connectivity index (χ1) is 17.4. The molecule has 1 N–H and O–H groups in total. The Morgan fingerprint density at radius 3 is 2.36 bits per heavy atom. The lowest BCUT2D eigenvalue weighted by molar-refractivity contribution is -0.384. The van der Waals surface area contributed by atoms with Gasteiger partial charge in [0.25, 0.3) is 11.6 Å². The number of rotatable bonds is 6. The summed E-state index contributed by atoms with van der Waals surface area (Å²) in [6, 6.07) is 21.7. The topological polar surface area (TPSA) is 120 Å². The molecule has 0 fully saturated rings. The third-order valence-electron chi connectivity index (χ3n) is 5.61. The Balaban J connectivity index is 1.36.